The lowest BCUT2D eigenvalue weighted by molar-refractivity contribution is -0.126. The molecule has 0 bridgehead atoms. The van der Waals surface area contributed by atoms with Gasteiger partial charge in [0.1, 0.15) is 5.75 Å². The molecule has 3 rings (SSSR count). The van der Waals surface area contributed by atoms with Crippen LogP contribution in [-0.2, 0) is 4.79 Å². The van der Waals surface area contributed by atoms with E-state index in [1.54, 1.807) is 7.11 Å². The Labute approximate surface area is 139 Å². The van der Waals surface area contributed by atoms with Crippen LogP contribution in [0.1, 0.15) is 62.8 Å². The van der Waals surface area contributed by atoms with Crippen LogP contribution in [0.4, 0.5) is 0 Å². The first-order valence-corrected chi connectivity index (χ1v) is 9.12. The van der Waals surface area contributed by atoms with Crippen molar-refractivity contribution < 1.29 is 9.53 Å². The Balaban J connectivity index is 1.61. The van der Waals surface area contributed by atoms with E-state index < -0.39 is 0 Å². The van der Waals surface area contributed by atoms with Crippen molar-refractivity contribution in [2.45, 2.75) is 57.3 Å². The van der Waals surface area contributed by atoms with Gasteiger partial charge in [-0.1, -0.05) is 25.0 Å². The Hall–Kier alpha value is -1.51. The molecule has 3 nitrogen and oxygen atoms in total. The minimum atomic E-state index is -0.0511. The van der Waals surface area contributed by atoms with Crippen molar-refractivity contribution in [3.63, 3.8) is 0 Å². The molecular formula is C20H29NO2. The van der Waals surface area contributed by atoms with Crippen molar-refractivity contribution in [3.8, 4) is 5.75 Å². The lowest BCUT2D eigenvalue weighted by atomic mass is 9.69. The summed E-state index contributed by atoms with van der Waals surface area (Å²) in [5, 5.41) is 0. The van der Waals surface area contributed by atoms with Crippen LogP contribution in [0.15, 0.2) is 24.3 Å². The summed E-state index contributed by atoms with van der Waals surface area (Å²) in [5.74, 6) is 2.66. The van der Waals surface area contributed by atoms with Gasteiger partial charge in [-0.2, -0.15) is 0 Å². The van der Waals surface area contributed by atoms with E-state index in [9.17, 15) is 4.79 Å². The Bertz CT molecular complexity index is 511. The molecule has 1 amide bonds. The topological polar surface area (TPSA) is 52.3 Å². The largest absolute Gasteiger partial charge is 0.497 e. The number of benzene rings is 1. The summed E-state index contributed by atoms with van der Waals surface area (Å²) in [6.45, 7) is 0. The molecule has 1 aromatic rings. The molecule has 2 aliphatic rings. The average molecular weight is 315 g/mol. The van der Waals surface area contributed by atoms with Gasteiger partial charge >= 0.3 is 0 Å². The molecule has 126 valence electrons. The minimum Gasteiger partial charge on any atom is -0.497 e. The van der Waals surface area contributed by atoms with Crippen molar-refractivity contribution in [3.05, 3.63) is 29.8 Å². The molecule has 1 atom stereocenters. The van der Waals surface area contributed by atoms with Crippen LogP contribution in [-0.4, -0.2) is 13.0 Å². The molecular weight excluding hydrogens is 286 g/mol. The molecule has 2 saturated carbocycles. The van der Waals surface area contributed by atoms with Gasteiger partial charge in [0.25, 0.3) is 0 Å². The summed E-state index contributed by atoms with van der Waals surface area (Å²) in [7, 11) is 1.70. The normalized spacial score (nSPS) is 26.8. The maximum absolute atomic E-state index is 12.0. The van der Waals surface area contributed by atoms with E-state index >= 15 is 0 Å². The molecule has 0 aliphatic heterocycles. The summed E-state index contributed by atoms with van der Waals surface area (Å²) in [6.07, 6.45) is 9.58. The zero-order valence-corrected chi connectivity index (χ0v) is 14.2. The highest BCUT2D eigenvalue weighted by Gasteiger charge is 2.37. The number of ether oxygens (including phenoxy) is 1. The van der Waals surface area contributed by atoms with E-state index in [0.29, 0.717) is 17.8 Å². The Morgan fingerprint density at radius 1 is 1.00 bits per heavy atom. The molecule has 0 saturated heterocycles. The predicted molar refractivity (Wildman–Crippen MR) is 92.3 cm³/mol. The van der Waals surface area contributed by atoms with Gasteiger partial charge in [0.15, 0.2) is 0 Å². The Morgan fingerprint density at radius 3 is 2.09 bits per heavy atom. The highest BCUT2D eigenvalue weighted by molar-refractivity contribution is 5.77. The Morgan fingerprint density at radius 2 is 1.57 bits per heavy atom. The minimum absolute atomic E-state index is 0.0511. The lowest BCUT2D eigenvalue weighted by Gasteiger charge is -2.35. The quantitative estimate of drug-likeness (QED) is 0.882. The second-order valence-corrected chi connectivity index (χ2v) is 7.36. The van der Waals surface area contributed by atoms with Crippen molar-refractivity contribution in [1.29, 1.82) is 0 Å². The van der Waals surface area contributed by atoms with E-state index in [1.165, 1.54) is 44.1 Å². The fraction of sp³-hybridized carbons (Fsp3) is 0.650. The SMILES string of the molecule is COc1ccc(C2CCC(C(C(N)=O)C3CCCC3)CC2)cc1. The lowest BCUT2D eigenvalue weighted by Crippen LogP contribution is -2.36. The number of hydrogen-bond acceptors (Lipinski definition) is 2. The second kappa shape index (κ2) is 7.37. The first kappa shape index (κ1) is 16.4. The third kappa shape index (κ3) is 3.70. The third-order valence-corrected chi connectivity index (χ3v) is 6.10. The average Bonchev–Trinajstić information content (AvgIpc) is 3.09. The Kier molecular flexibility index (Phi) is 5.24. The number of amides is 1. The van der Waals surface area contributed by atoms with Crippen LogP contribution in [0, 0.1) is 17.8 Å². The molecule has 0 spiro atoms. The third-order valence-electron chi connectivity index (χ3n) is 6.10. The van der Waals surface area contributed by atoms with Gasteiger partial charge in [0.05, 0.1) is 7.11 Å². The standard InChI is InChI=1S/C20H29NO2/c1-23-18-12-10-15(11-13-18)14-6-8-17(9-7-14)19(20(21)22)16-4-2-3-5-16/h10-14,16-17,19H,2-9H2,1H3,(H2,21,22). The molecule has 1 aromatic carbocycles. The molecule has 2 fully saturated rings. The monoisotopic (exact) mass is 315 g/mol. The fourth-order valence-corrected chi connectivity index (χ4v) is 4.85. The van der Waals surface area contributed by atoms with E-state index in [-0.39, 0.29) is 11.8 Å². The number of rotatable bonds is 5. The maximum Gasteiger partial charge on any atom is 0.221 e. The van der Waals surface area contributed by atoms with Crippen LogP contribution in [0.2, 0.25) is 0 Å². The second-order valence-electron chi connectivity index (χ2n) is 7.36. The van der Waals surface area contributed by atoms with Gasteiger partial charge in [-0.05, 0) is 74.0 Å². The molecule has 23 heavy (non-hydrogen) atoms. The zero-order valence-electron chi connectivity index (χ0n) is 14.2. The number of nitrogens with two attached hydrogens (primary N) is 1. The maximum atomic E-state index is 12.0. The summed E-state index contributed by atoms with van der Waals surface area (Å²) < 4.78 is 5.24. The highest BCUT2D eigenvalue weighted by Crippen LogP contribution is 2.44. The van der Waals surface area contributed by atoms with Gasteiger partial charge in [0, 0.05) is 5.92 Å². The van der Waals surface area contributed by atoms with E-state index in [0.717, 1.165) is 18.6 Å². The summed E-state index contributed by atoms with van der Waals surface area (Å²) in [5.41, 5.74) is 7.18. The first-order chi connectivity index (χ1) is 11.2. The molecule has 0 aromatic heterocycles. The van der Waals surface area contributed by atoms with E-state index in [2.05, 4.69) is 12.1 Å². The van der Waals surface area contributed by atoms with Gasteiger partial charge in [-0.25, -0.2) is 0 Å². The van der Waals surface area contributed by atoms with Crippen LogP contribution in [0.3, 0.4) is 0 Å². The van der Waals surface area contributed by atoms with Crippen molar-refractivity contribution >= 4 is 5.91 Å². The molecule has 0 radical (unpaired) electrons. The molecule has 2 aliphatic carbocycles. The fourth-order valence-electron chi connectivity index (χ4n) is 4.85. The van der Waals surface area contributed by atoms with Gasteiger partial charge < -0.3 is 10.5 Å². The van der Waals surface area contributed by atoms with Gasteiger partial charge in [-0.15, -0.1) is 0 Å². The summed E-state index contributed by atoms with van der Waals surface area (Å²) >= 11 is 0. The number of carbonyl (C=O) groups is 1. The van der Waals surface area contributed by atoms with E-state index in [1.807, 2.05) is 12.1 Å². The van der Waals surface area contributed by atoms with Crippen LogP contribution in [0.5, 0.6) is 5.75 Å². The van der Waals surface area contributed by atoms with Crippen LogP contribution >= 0.6 is 0 Å². The van der Waals surface area contributed by atoms with Gasteiger partial charge in [-0.3, -0.25) is 4.79 Å². The zero-order chi connectivity index (χ0) is 16.2. The molecule has 2 N–H and O–H groups in total. The number of methoxy groups -OCH3 is 1. The highest BCUT2D eigenvalue weighted by atomic mass is 16.5. The predicted octanol–water partition coefficient (Wildman–Crippen LogP) is 4.26. The van der Waals surface area contributed by atoms with Crippen molar-refractivity contribution in [1.82, 2.24) is 0 Å². The summed E-state index contributed by atoms with van der Waals surface area (Å²) in [4.78, 5) is 12.0. The number of primary amides is 1. The van der Waals surface area contributed by atoms with Crippen LogP contribution < -0.4 is 10.5 Å². The molecule has 3 heteroatoms. The smallest absolute Gasteiger partial charge is 0.221 e. The summed E-state index contributed by atoms with van der Waals surface area (Å²) in [6, 6.07) is 8.47. The van der Waals surface area contributed by atoms with Crippen molar-refractivity contribution in [2.24, 2.45) is 23.5 Å². The molecule has 0 heterocycles. The molecule has 1 unspecified atom stereocenters. The number of hydrogen-bond donors (Lipinski definition) is 1. The van der Waals surface area contributed by atoms with Gasteiger partial charge in [0.2, 0.25) is 5.91 Å². The van der Waals surface area contributed by atoms with Crippen LogP contribution in [0.25, 0.3) is 0 Å². The first-order valence-electron chi connectivity index (χ1n) is 9.12. The number of carbonyl (C=O) groups excluding carboxylic acids is 1. The van der Waals surface area contributed by atoms with E-state index in [4.69, 9.17) is 10.5 Å². The van der Waals surface area contributed by atoms with Crippen molar-refractivity contribution in [2.75, 3.05) is 7.11 Å².